The first-order chi connectivity index (χ1) is 14.8. The second kappa shape index (κ2) is 26.5. The van der Waals surface area contributed by atoms with Gasteiger partial charge in [0.2, 0.25) is 0 Å². The maximum atomic E-state index is 6.30. The number of nitrogens with two attached hydrogens (primary N) is 1. The van der Waals surface area contributed by atoms with Gasteiger partial charge in [-0.3, -0.25) is 0 Å². The smallest absolute Gasteiger partial charge is 0.00388 e. The van der Waals surface area contributed by atoms with E-state index in [2.05, 4.69) is 38.2 Å². The fraction of sp³-hybridized carbons (Fsp3) is 0.862. The summed E-state index contributed by atoms with van der Waals surface area (Å²) in [6, 6.07) is 0.455. The molecule has 0 saturated carbocycles. The summed E-state index contributed by atoms with van der Waals surface area (Å²) in [5, 5.41) is 0. The molecule has 0 bridgehead atoms. The van der Waals surface area contributed by atoms with Gasteiger partial charge in [-0.2, -0.15) is 0 Å². The van der Waals surface area contributed by atoms with Crippen LogP contribution < -0.4 is 5.73 Å². The molecule has 0 aliphatic rings. The third-order valence-electron chi connectivity index (χ3n) is 6.20. The largest absolute Gasteiger partial charge is 0.328 e. The van der Waals surface area contributed by atoms with Gasteiger partial charge in [-0.25, -0.2) is 0 Å². The summed E-state index contributed by atoms with van der Waals surface area (Å²) < 4.78 is 0. The molecule has 0 saturated heterocycles. The average Bonchev–Trinajstić information content (AvgIpc) is 2.75. The lowest BCUT2D eigenvalue weighted by atomic mass is 10.0. The van der Waals surface area contributed by atoms with Crippen LogP contribution in [0.2, 0.25) is 0 Å². The predicted molar refractivity (Wildman–Crippen MR) is 139 cm³/mol. The van der Waals surface area contributed by atoms with E-state index in [-0.39, 0.29) is 0 Å². The van der Waals surface area contributed by atoms with Crippen molar-refractivity contribution in [1.29, 1.82) is 0 Å². The summed E-state index contributed by atoms with van der Waals surface area (Å²) in [6.07, 6.45) is 39.0. The molecule has 178 valence electrons. The topological polar surface area (TPSA) is 26.0 Å². The first-order valence-corrected chi connectivity index (χ1v) is 13.9. The van der Waals surface area contributed by atoms with Gasteiger partial charge in [0.15, 0.2) is 0 Å². The Bertz CT molecular complexity index is 357. The minimum Gasteiger partial charge on any atom is -0.328 e. The normalized spacial score (nSPS) is 13.0. The zero-order valence-corrected chi connectivity index (χ0v) is 21.0. The summed E-state index contributed by atoms with van der Waals surface area (Å²) >= 11 is 0. The van der Waals surface area contributed by atoms with Crippen molar-refractivity contribution < 1.29 is 0 Å². The zero-order chi connectivity index (χ0) is 22.0. The molecule has 1 nitrogen and oxygen atoms in total. The quantitative estimate of drug-likeness (QED) is 0.122. The van der Waals surface area contributed by atoms with Gasteiger partial charge in [0.1, 0.15) is 0 Å². The number of rotatable bonds is 24. The first-order valence-electron chi connectivity index (χ1n) is 13.9. The van der Waals surface area contributed by atoms with Crippen molar-refractivity contribution in [2.45, 2.75) is 161 Å². The molecule has 30 heavy (non-hydrogen) atoms. The van der Waals surface area contributed by atoms with Crippen LogP contribution in [0.5, 0.6) is 0 Å². The number of hydrogen-bond acceptors (Lipinski definition) is 1. The molecule has 1 unspecified atom stereocenters. The Hall–Kier alpha value is -0.560. The summed E-state index contributed by atoms with van der Waals surface area (Å²) in [6.45, 7) is 4.55. The number of allylic oxidation sites excluding steroid dienone is 4. The summed E-state index contributed by atoms with van der Waals surface area (Å²) in [7, 11) is 0. The molecule has 0 radical (unpaired) electrons. The van der Waals surface area contributed by atoms with Crippen molar-refractivity contribution in [2.24, 2.45) is 5.73 Å². The van der Waals surface area contributed by atoms with Gasteiger partial charge in [-0.1, -0.05) is 134 Å². The van der Waals surface area contributed by atoms with Crippen molar-refractivity contribution in [3.8, 4) is 0 Å². The van der Waals surface area contributed by atoms with Crippen LogP contribution in [0.3, 0.4) is 0 Å². The highest BCUT2D eigenvalue weighted by atomic mass is 14.6. The molecule has 1 heteroatoms. The molecule has 0 aromatic heterocycles. The fourth-order valence-electron chi connectivity index (χ4n) is 4.08. The Morgan fingerprint density at radius 2 is 0.833 bits per heavy atom. The molecule has 2 N–H and O–H groups in total. The van der Waals surface area contributed by atoms with E-state index < -0.39 is 0 Å². The van der Waals surface area contributed by atoms with E-state index in [1.165, 1.54) is 135 Å². The Morgan fingerprint density at radius 3 is 1.33 bits per heavy atom. The Kier molecular flexibility index (Phi) is 26.0. The maximum absolute atomic E-state index is 6.30. The molecule has 0 heterocycles. The van der Waals surface area contributed by atoms with Crippen molar-refractivity contribution in [1.82, 2.24) is 0 Å². The standard InChI is InChI=1S/C29H57N/c1-3-5-7-9-11-13-14-15-16-17-18-19-20-22-24-26-28-29(30)27-25-23-21-12-10-8-6-4-2/h11,13,15-16,29H,3-10,12,14,17-28,30H2,1-2H3. The fourth-order valence-corrected chi connectivity index (χ4v) is 4.08. The molecule has 0 aromatic rings. The molecule has 0 aromatic carbocycles. The Morgan fingerprint density at radius 1 is 0.467 bits per heavy atom. The van der Waals surface area contributed by atoms with Gasteiger partial charge in [-0.15, -0.1) is 0 Å². The third-order valence-corrected chi connectivity index (χ3v) is 6.20. The molecule has 1 atom stereocenters. The van der Waals surface area contributed by atoms with Crippen molar-refractivity contribution in [3.63, 3.8) is 0 Å². The van der Waals surface area contributed by atoms with Crippen molar-refractivity contribution >= 4 is 0 Å². The van der Waals surface area contributed by atoms with E-state index in [4.69, 9.17) is 5.73 Å². The highest BCUT2D eigenvalue weighted by molar-refractivity contribution is 4.92. The first kappa shape index (κ1) is 29.4. The van der Waals surface area contributed by atoms with Gasteiger partial charge < -0.3 is 5.73 Å². The van der Waals surface area contributed by atoms with E-state index in [0.717, 1.165) is 6.42 Å². The summed E-state index contributed by atoms with van der Waals surface area (Å²) in [4.78, 5) is 0. The Labute approximate surface area is 191 Å². The average molecular weight is 420 g/mol. The van der Waals surface area contributed by atoms with Crippen LogP contribution in [-0.4, -0.2) is 6.04 Å². The van der Waals surface area contributed by atoms with Crippen LogP contribution in [0.15, 0.2) is 24.3 Å². The molecule has 0 rings (SSSR count). The van der Waals surface area contributed by atoms with E-state index >= 15 is 0 Å². The minimum absolute atomic E-state index is 0.455. The molecule has 0 aliphatic heterocycles. The van der Waals surface area contributed by atoms with E-state index in [1.807, 2.05) is 0 Å². The van der Waals surface area contributed by atoms with Crippen LogP contribution >= 0.6 is 0 Å². The molecule has 0 aliphatic carbocycles. The number of hydrogen-bond donors (Lipinski definition) is 1. The van der Waals surface area contributed by atoms with Crippen LogP contribution in [0.4, 0.5) is 0 Å². The van der Waals surface area contributed by atoms with Crippen LogP contribution in [0.25, 0.3) is 0 Å². The zero-order valence-electron chi connectivity index (χ0n) is 21.0. The lowest BCUT2D eigenvalue weighted by molar-refractivity contribution is 0.481. The van der Waals surface area contributed by atoms with Gasteiger partial charge in [0.05, 0.1) is 0 Å². The van der Waals surface area contributed by atoms with Gasteiger partial charge in [0.25, 0.3) is 0 Å². The van der Waals surface area contributed by atoms with E-state index in [1.54, 1.807) is 0 Å². The maximum Gasteiger partial charge on any atom is 0.00388 e. The van der Waals surface area contributed by atoms with Crippen molar-refractivity contribution in [2.75, 3.05) is 0 Å². The molecule has 0 amide bonds. The van der Waals surface area contributed by atoms with Gasteiger partial charge >= 0.3 is 0 Å². The summed E-state index contributed by atoms with van der Waals surface area (Å²) in [5.41, 5.74) is 6.30. The summed E-state index contributed by atoms with van der Waals surface area (Å²) in [5.74, 6) is 0. The van der Waals surface area contributed by atoms with Crippen LogP contribution in [0, 0.1) is 0 Å². The second-order valence-corrected chi connectivity index (χ2v) is 9.40. The van der Waals surface area contributed by atoms with Crippen molar-refractivity contribution in [3.05, 3.63) is 24.3 Å². The second-order valence-electron chi connectivity index (χ2n) is 9.40. The minimum atomic E-state index is 0.455. The molecule has 0 fully saturated rings. The monoisotopic (exact) mass is 419 g/mol. The van der Waals surface area contributed by atoms with E-state index in [9.17, 15) is 0 Å². The highest BCUT2D eigenvalue weighted by Crippen LogP contribution is 2.14. The van der Waals surface area contributed by atoms with Gasteiger partial charge in [0, 0.05) is 6.04 Å². The lowest BCUT2D eigenvalue weighted by Crippen LogP contribution is -2.19. The van der Waals surface area contributed by atoms with Gasteiger partial charge in [-0.05, 0) is 44.9 Å². The third kappa shape index (κ3) is 25.5. The SMILES string of the molecule is CCCCCC=CCC=CCCCCCCCCC(N)CCCCCCCCCC. The molecular formula is C29H57N. The molecular weight excluding hydrogens is 362 g/mol. The Balaban J connectivity index is 3.23. The van der Waals surface area contributed by atoms with Crippen LogP contribution in [0.1, 0.15) is 155 Å². The predicted octanol–water partition coefficient (Wildman–Crippen LogP) is 10.0. The number of unbranched alkanes of at least 4 members (excludes halogenated alkanes) is 16. The molecule has 0 spiro atoms. The van der Waals surface area contributed by atoms with Crippen LogP contribution in [-0.2, 0) is 0 Å². The highest BCUT2D eigenvalue weighted by Gasteiger charge is 2.02. The van der Waals surface area contributed by atoms with E-state index in [0.29, 0.717) is 6.04 Å². The lowest BCUT2D eigenvalue weighted by Gasteiger charge is -2.11.